The minimum atomic E-state index is -2.61. The fourth-order valence-electron chi connectivity index (χ4n) is 2.55. The Morgan fingerprint density at radius 1 is 0.731 bits per heavy atom. The van der Waals surface area contributed by atoms with E-state index in [4.69, 9.17) is 13.3 Å². The van der Waals surface area contributed by atoms with Gasteiger partial charge in [0.25, 0.3) is 0 Å². The van der Waals surface area contributed by atoms with Crippen LogP contribution in [0.5, 0.6) is 0 Å². The topological polar surface area (TPSA) is 27.7 Å². The zero-order chi connectivity index (χ0) is 19.1. The summed E-state index contributed by atoms with van der Waals surface area (Å²) in [6, 6.07) is 9.78. The van der Waals surface area contributed by atoms with Gasteiger partial charge in [-0.15, -0.1) is 0 Å². The average molecular weight is 493 g/mol. The summed E-state index contributed by atoms with van der Waals surface area (Å²) >= 11 is 2.40. The van der Waals surface area contributed by atoms with Gasteiger partial charge in [0.1, 0.15) is 0 Å². The van der Waals surface area contributed by atoms with Crippen molar-refractivity contribution in [3.63, 3.8) is 0 Å². The van der Waals surface area contributed by atoms with Crippen LogP contribution in [0.1, 0.15) is 70.4 Å². The second-order valence-corrected chi connectivity index (χ2v) is 10.2. The van der Waals surface area contributed by atoms with Gasteiger partial charge >= 0.3 is 8.80 Å². The van der Waals surface area contributed by atoms with Gasteiger partial charge in [0.05, 0.1) is 0 Å². The second kappa shape index (κ2) is 15.0. The van der Waals surface area contributed by atoms with E-state index in [0.29, 0.717) is 0 Å². The molecule has 1 aromatic carbocycles. The van der Waals surface area contributed by atoms with Crippen LogP contribution in [0.3, 0.4) is 0 Å². The summed E-state index contributed by atoms with van der Waals surface area (Å²) in [5.74, 6) is 0. The highest BCUT2D eigenvalue weighted by atomic mass is 127. The molecule has 0 aliphatic heterocycles. The molecule has 0 amide bonds. The predicted octanol–water partition coefficient (Wildman–Crippen LogP) is 6.55. The van der Waals surface area contributed by atoms with E-state index in [0.717, 1.165) is 75.2 Å². The largest absolute Gasteiger partial charge is 0.501 e. The molecule has 0 bridgehead atoms. The molecule has 0 radical (unpaired) electrons. The van der Waals surface area contributed by atoms with Crippen LogP contribution in [0.15, 0.2) is 24.3 Å². The van der Waals surface area contributed by atoms with Crippen molar-refractivity contribution in [3.05, 3.63) is 35.4 Å². The predicted molar refractivity (Wildman–Crippen MR) is 121 cm³/mol. The molecule has 1 rings (SSSR count). The minimum absolute atomic E-state index is 0.745. The molecular formula is C21H37IO3Si. The van der Waals surface area contributed by atoms with Crippen molar-refractivity contribution in [2.75, 3.05) is 19.8 Å². The highest BCUT2D eigenvalue weighted by Gasteiger charge is 2.40. The van der Waals surface area contributed by atoms with Gasteiger partial charge in [-0.1, -0.05) is 86.9 Å². The van der Waals surface area contributed by atoms with E-state index in [9.17, 15) is 0 Å². The van der Waals surface area contributed by atoms with Crippen LogP contribution in [0.2, 0.25) is 6.04 Å². The van der Waals surface area contributed by atoms with Crippen molar-refractivity contribution in [2.24, 2.45) is 0 Å². The molecule has 0 heterocycles. The zero-order valence-corrected chi connectivity index (χ0v) is 20.1. The van der Waals surface area contributed by atoms with Gasteiger partial charge in [-0.2, -0.15) is 0 Å². The molecule has 26 heavy (non-hydrogen) atoms. The number of benzene rings is 1. The highest BCUT2D eigenvalue weighted by molar-refractivity contribution is 14.1. The maximum Gasteiger partial charge on any atom is 0.501 e. The molecule has 0 saturated heterocycles. The molecule has 150 valence electrons. The quantitative estimate of drug-likeness (QED) is 0.113. The SMILES string of the molecule is CCCCO[Si](CCc1ccc(CI)cc1)(OCCCC)OCCCC. The van der Waals surface area contributed by atoms with Crippen molar-refractivity contribution < 1.29 is 13.3 Å². The summed E-state index contributed by atoms with van der Waals surface area (Å²) in [6.07, 6.45) is 7.54. The molecular weight excluding hydrogens is 455 g/mol. The summed E-state index contributed by atoms with van der Waals surface area (Å²) < 4.78 is 20.0. The number of alkyl halides is 1. The van der Waals surface area contributed by atoms with Crippen LogP contribution < -0.4 is 0 Å². The fourth-order valence-corrected chi connectivity index (χ4v) is 5.70. The van der Waals surface area contributed by atoms with E-state index in [1.54, 1.807) is 0 Å². The molecule has 0 aromatic heterocycles. The Hall–Kier alpha value is 0.0469. The van der Waals surface area contributed by atoms with E-state index >= 15 is 0 Å². The maximum absolute atomic E-state index is 6.32. The van der Waals surface area contributed by atoms with Crippen molar-refractivity contribution in [3.8, 4) is 0 Å². The lowest BCUT2D eigenvalue weighted by Gasteiger charge is -2.30. The van der Waals surface area contributed by atoms with Crippen LogP contribution in [0.4, 0.5) is 0 Å². The van der Waals surface area contributed by atoms with Gasteiger partial charge in [-0.25, -0.2) is 0 Å². The van der Waals surface area contributed by atoms with Crippen molar-refractivity contribution in [1.82, 2.24) is 0 Å². The molecule has 1 aromatic rings. The first-order valence-electron chi connectivity index (χ1n) is 10.2. The normalized spacial score (nSPS) is 11.8. The van der Waals surface area contributed by atoms with Crippen LogP contribution in [0, 0.1) is 0 Å². The molecule has 5 heteroatoms. The monoisotopic (exact) mass is 492 g/mol. The Balaban J connectivity index is 2.76. The van der Waals surface area contributed by atoms with E-state index in [1.165, 1.54) is 11.1 Å². The van der Waals surface area contributed by atoms with Gasteiger partial charge in [-0.05, 0) is 36.8 Å². The fraction of sp³-hybridized carbons (Fsp3) is 0.714. The lowest BCUT2D eigenvalue weighted by molar-refractivity contribution is 0.0564. The maximum atomic E-state index is 6.32. The lowest BCUT2D eigenvalue weighted by Crippen LogP contribution is -2.47. The smallest absolute Gasteiger partial charge is 0.373 e. The lowest BCUT2D eigenvalue weighted by atomic mass is 10.1. The first-order valence-corrected chi connectivity index (χ1v) is 13.7. The number of unbranched alkanes of at least 4 members (excludes halogenated alkanes) is 3. The number of hydrogen-bond donors (Lipinski definition) is 0. The van der Waals surface area contributed by atoms with E-state index in [1.807, 2.05) is 0 Å². The summed E-state index contributed by atoms with van der Waals surface area (Å²) in [5.41, 5.74) is 2.71. The summed E-state index contributed by atoms with van der Waals surface area (Å²) in [4.78, 5) is 0. The Labute approximate surface area is 175 Å². The molecule has 0 N–H and O–H groups in total. The molecule has 0 unspecified atom stereocenters. The Morgan fingerprint density at radius 2 is 1.15 bits per heavy atom. The standard InChI is InChI=1S/C21H37IO3Si/c1-4-7-15-23-26(24-16-8-5-2,25-17-9-6-3)18-14-20-10-12-21(19-22)13-11-20/h10-13H,4-9,14-19H2,1-3H3. The number of hydrogen-bond acceptors (Lipinski definition) is 3. The van der Waals surface area contributed by atoms with Crippen LogP contribution in [0.25, 0.3) is 0 Å². The third-order valence-corrected chi connectivity index (χ3v) is 8.03. The molecule has 0 saturated carbocycles. The van der Waals surface area contributed by atoms with E-state index < -0.39 is 8.80 Å². The first-order chi connectivity index (χ1) is 12.7. The Bertz CT molecular complexity index is 427. The molecule has 0 aliphatic carbocycles. The number of halogens is 1. The van der Waals surface area contributed by atoms with Crippen LogP contribution >= 0.6 is 22.6 Å². The summed E-state index contributed by atoms with van der Waals surface area (Å²) in [7, 11) is -2.61. The van der Waals surface area contributed by atoms with E-state index in [2.05, 4.69) is 67.6 Å². The number of aryl methyl sites for hydroxylation is 1. The third-order valence-electron chi connectivity index (χ3n) is 4.36. The second-order valence-electron chi connectivity index (χ2n) is 6.74. The Kier molecular flexibility index (Phi) is 13.9. The van der Waals surface area contributed by atoms with Gasteiger partial charge in [0.15, 0.2) is 0 Å². The average Bonchev–Trinajstić information content (AvgIpc) is 2.67. The molecule has 0 aliphatic rings. The Morgan fingerprint density at radius 3 is 1.54 bits per heavy atom. The first kappa shape index (κ1) is 24.1. The van der Waals surface area contributed by atoms with Crippen LogP contribution in [-0.4, -0.2) is 28.6 Å². The van der Waals surface area contributed by atoms with Crippen molar-refractivity contribution in [2.45, 2.75) is 76.2 Å². The highest BCUT2D eigenvalue weighted by Crippen LogP contribution is 2.22. The molecule has 0 atom stereocenters. The van der Waals surface area contributed by atoms with Crippen molar-refractivity contribution in [1.29, 1.82) is 0 Å². The van der Waals surface area contributed by atoms with Gasteiger partial charge in [0.2, 0.25) is 0 Å². The zero-order valence-electron chi connectivity index (χ0n) is 16.9. The third kappa shape index (κ3) is 9.83. The van der Waals surface area contributed by atoms with E-state index in [-0.39, 0.29) is 0 Å². The van der Waals surface area contributed by atoms with Gasteiger partial charge in [0, 0.05) is 30.3 Å². The van der Waals surface area contributed by atoms with Crippen molar-refractivity contribution >= 4 is 31.4 Å². The minimum Gasteiger partial charge on any atom is -0.373 e. The molecule has 0 spiro atoms. The number of rotatable bonds is 16. The summed E-state index contributed by atoms with van der Waals surface area (Å²) in [5, 5.41) is 0. The van der Waals surface area contributed by atoms with Crippen LogP contribution in [-0.2, 0) is 24.1 Å². The molecule has 3 nitrogen and oxygen atoms in total. The molecule has 0 fully saturated rings. The van der Waals surface area contributed by atoms with Gasteiger partial charge in [-0.3, -0.25) is 0 Å². The summed E-state index contributed by atoms with van der Waals surface area (Å²) in [6.45, 7) is 8.81. The van der Waals surface area contributed by atoms with Gasteiger partial charge < -0.3 is 13.3 Å².